The normalized spacial score (nSPS) is 10.7. The highest BCUT2D eigenvalue weighted by Crippen LogP contribution is 2.24. The van der Waals surface area contributed by atoms with Gasteiger partial charge in [0.05, 0.1) is 18.8 Å². The molecule has 3 aromatic rings. The molecule has 0 radical (unpaired) electrons. The van der Waals surface area contributed by atoms with Crippen LogP contribution in [0, 0.1) is 0 Å². The number of halogens is 1. The minimum atomic E-state index is 0.0334. The van der Waals surface area contributed by atoms with Crippen molar-refractivity contribution in [3.63, 3.8) is 0 Å². The van der Waals surface area contributed by atoms with E-state index in [0.29, 0.717) is 18.1 Å². The first kappa shape index (κ1) is 15.5. The van der Waals surface area contributed by atoms with Crippen molar-refractivity contribution in [3.8, 4) is 11.3 Å². The summed E-state index contributed by atoms with van der Waals surface area (Å²) in [5, 5.41) is 17.8. The third-order valence-corrected chi connectivity index (χ3v) is 3.71. The van der Waals surface area contributed by atoms with E-state index >= 15 is 0 Å². The summed E-state index contributed by atoms with van der Waals surface area (Å²) in [5.41, 5.74) is 2.95. The predicted octanol–water partition coefficient (Wildman–Crippen LogP) is 3.20. The lowest BCUT2D eigenvalue weighted by molar-refractivity contribution is 0.270. The quantitative estimate of drug-likeness (QED) is 0.729. The van der Waals surface area contributed by atoms with Gasteiger partial charge >= 0.3 is 0 Å². The van der Waals surface area contributed by atoms with Crippen molar-refractivity contribution in [1.82, 2.24) is 14.8 Å². The number of nitrogens with zero attached hydrogens (tertiary/aromatic N) is 3. The van der Waals surface area contributed by atoms with E-state index in [2.05, 4.69) is 15.4 Å². The van der Waals surface area contributed by atoms with Crippen molar-refractivity contribution in [2.75, 3.05) is 11.9 Å². The summed E-state index contributed by atoms with van der Waals surface area (Å²) in [6.07, 6.45) is 3.53. The molecule has 3 rings (SSSR count). The largest absolute Gasteiger partial charge is 0.394 e. The number of aliphatic hydroxyl groups is 1. The summed E-state index contributed by atoms with van der Waals surface area (Å²) in [6.45, 7) is 1.14. The van der Waals surface area contributed by atoms with E-state index in [9.17, 15) is 5.11 Å². The molecule has 118 valence electrons. The van der Waals surface area contributed by atoms with E-state index in [1.807, 2.05) is 42.5 Å². The van der Waals surface area contributed by atoms with Crippen LogP contribution in [0.15, 0.2) is 54.9 Å². The highest BCUT2D eigenvalue weighted by Gasteiger charge is 2.09. The Morgan fingerprint density at radius 1 is 1.09 bits per heavy atom. The second-order valence-electron chi connectivity index (χ2n) is 5.08. The van der Waals surface area contributed by atoms with Gasteiger partial charge in [-0.2, -0.15) is 5.10 Å². The van der Waals surface area contributed by atoms with Crippen LogP contribution in [0.5, 0.6) is 0 Å². The van der Waals surface area contributed by atoms with Gasteiger partial charge in [0.15, 0.2) is 0 Å². The van der Waals surface area contributed by atoms with Crippen LogP contribution in [0.2, 0.25) is 5.02 Å². The number of hydrogen-bond donors (Lipinski definition) is 2. The van der Waals surface area contributed by atoms with Crippen molar-refractivity contribution >= 4 is 17.4 Å². The van der Waals surface area contributed by atoms with Crippen LogP contribution in [0.1, 0.15) is 5.56 Å². The second-order valence-corrected chi connectivity index (χ2v) is 5.51. The molecule has 0 saturated carbocycles. The summed E-state index contributed by atoms with van der Waals surface area (Å²) >= 11 is 5.93. The Labute approximate surface area is 139 Å². The zero-order valence-corrected chi connectivity index (χ0v) is 13.2. The summed E-state index contributed by atoms with van der Waals surface area (Å²) in [6, 6.07) is 13.4. The van der Waals surface area contributed by atoms with Crippen LogP contribution in [0.25, 0.3) is 11.3 Å². The molecule has 0 aliphatic carbocycles. The molecule has 5 nitrogen and oxygen atoms in total. The summed E-state index contributed by atoms with van der Waals surface area (Å²) < 4.78 is 1.77. The minimum Gasteiger partial charge on any atom is -0.394 e. The molecule has 0 spiro atoms. The summed E-state index contributed by atoms with van der Waals surface area (Å²) in [7, 11) is 0. The second kappa shape index (κ2) is 7.26. The third-order valence-electron chi connectivity index (χ3n) is 3.45. The van der Waals surface area contributed by atoms with Crippen LogP contribution in [0.3, 0.4) is 0 Å². The molecule has 0 aliphatic rings. The molecule has 0 aliphatic heterocycles. The average molecular weight is 329 g/mol. The van der Waals surface area contributed by atoms with Gasteiger partial charge in [-0.25, -0.2) is 4.68 Å². The fourth-order valence-electron chi connectivity index (χ4n) is 2.28. The molecule has 0 bridgehead atoms. The van der Waals surface area contributed by atoms with Gasteiger partial charge in [-0.1, -0.05) is 23.7 Å². The first-order valence-electron chi connectivity index (χ1n) is 7.33. The summed E-state index contributed by atoms with van der Waals surface area (Å²) in [4.78, 5) is 4.01. The van der Waals surface area contributed by atoms with Crippen molar-refractivity contribution in [2.45, 2.75) is 13.1 Å². The Hall–Kier alpha value is -2.37. The average Bonchev–Trinajstić information content (AvgIpc) is 2.98. The zero-order chi connectivity index (χ0) is 16.1. The lowest BCUT2D eigenvalue weighted by Crippen LogP contribution is -2.10. The number of rotatable bonds is 6. The minimum absolute atomic E-state index is 0.0334. The van der Waals surface area contributed by atoms with Gasteiger partial charge < -0.3 is 10.4 Å². The first-order valence-corrected chi connectivity index (χ1v) is 7.71. The molecule has 2 heterocycles. The fraction of sp³-hybridized carbons (Fsp3) is 0.176. The Kier molecular flexibility index (Phi) is 4.90. The van der Waals surface area contributed by atoms with Crippen LogP contribution >= 0.6 is 11.6 Å². The maximum atomic E-state index is 9.23. The molecule has 0 unspecified atom stereocenters. The van der Waals surface area contributed by atoms with Gasteiger partial charge in [-0.3, -0.25) is 4.98 Å². The predicted molar refractivity (Wildman–Crippen MR) is 91.3 cm³/mol. The fourth-order valence-corrected chi connectivity index (χ4v) is 2.41. The number of pyridine rings is 1. The first-order chi connectivity index (χ1) is 11.3. The van der Waals surface area contributed by atoms with E-state index in [4.69, 9.17) is 11.6 Å². The number of aromatic nitrogens is 3. The Balaban J connectivity index is 1.82. The topological polar surface area (TPSA) is 63.0 Å². The molecule has 0 atom stereocenters. The molecule has 2 aromatic heterocycles. The number of aliphatic hydroxyl groups excluding tert-OH is 1. The van der Waals surface area contributed by atoms with Gasteiger partial charge in [-0.15, -0.1) is 0 Å². The van der Waals surface area contributed by atoms with Crippen molar-refractivity contribution in [3.05, 3.63) is 65.4 Å². The number of anilines is 1. The van der Waals surface area contributed by atoms with E-state index in [1.165, 1.54) is 0 Å². The molecule has 0 amide bonds. The Morgan fingerprint density at radius 2 is 1.83 bits per heavy atom. The van der Waals surface area contributed by atoms with Crippen LogP contribution in [-0.2, 0) is 13.1 Å². The van der Waals surface area contributed by atoms with Gasteiger partial charge in [0, 0.05) is 35.6 Å². The van der Waals surface area contributed by atoms with E-state index in [1.54, 1.807) is 17.1 Å². The standard InChI is InChI=1S/C17H17ClN4O/c18-15-3-1-14(2-4-15)16-11-17(22(21-16)9-10-23)20-12-13-5-7-19-8-6-13/h1-8,11,20,23H,9-10,12H2. The van der Waals surface area contributed by atoms with Gasteiger partial charge in [0.25, 0.3) is 0 Å². The van der Waals surface area contributed by atoms with Crippen molar-refractivity contribution < 1.29 is 5.11 Å². The van der Waals surface area contributed by atoms with Crippen LogP contribution in [0.4, 0.5) is 5.82 Å². The van der Waals surface area contributed by atoms with Crippen LogP contribution < -0.4 is 5.32 Å². The zero-order valence-electron chi connectivity index (χ0n) is 12.5. The highest BCUT2D eigenvalue weighted by molar-refractivity contribution is 6.30. The van der Waals surface area contributed by atoms with E-state index in [-0.39, 0.29) is 6.61 Å². The smallest absolute Gasteiger partial charge is 0.125 e. The molecular weight excluding hydrogens is 312 g/mol. The monoisotopic (exact) mass is 328 g/mol. The maximum absolute atomic E-state index is 9.23. The van der Waals surface area contributed by atoms with E-state index < -0.39 is 0 Å². The lowest BCUT2D eigenvalue weighted by Gasteiger charge is -2.08. The number of benzene rings is 1. The van der Waals surface area contributed by atoms with Gasteiger partial charge in [-0.05, 0) is 29.8 Å². The Bertz CT molecular complexity index is 756. The molecule has 0 fully saturated rings. The summed E-state index contributed by atoms with van der Waals surface area (Å²) in [5.74, 6) is 0.862. The van der Waals surface area contributed by atoms with Crippen LogP contribution in [-0.4, -0.2) is 26.5 Å². The molecule has 1 aromatic carbocycles. The SMILES string of the molecule is OCCn1nc(-c2ccc(Cl)cc2)cc1NCc1ccncc1. The molecular formula is C17H17ClN4O. The molecule has 2 N–H and O–H groups in total. The number of nitrogens with one attached hydrogen (secondary N) is 1. The molecule has 0 saturated heterocycles. The van der Waals surface area contributed by atoms with Gasteiger partial charge in [0.2, 0.25) is 0 Å². The Morgan fingerprint density at radius 3 is 2.52 bits per heavy atom. The molecule has 23 heavy (non-hydrogen) atoms. The van der Waals surface area contributed by atoms with Crippen molar-refractivity contribution in [2.24, 2.45) is 0 Å². The van der Waals surface area contributed by atoms with Gasteiger partial charge in [0.1, 0.15) is 5.82 Å². The lowest BCUT2D eigenvalue weighted by atomic mass is 10.1. The maximum Gasteiger partial charge on any atom is 0.125 e. The molecule has 6 heteroatoms. The van der Waals surface area contributed by atoms with E-state index in [0.717, 1.165) is 22.6 Å². The highest BCUT2D eigenvalue weighted by atomic mass is 35.5. The third kappa shape index (κ3) is 3.88. The number of hydrogen-bond acceptors (Lipinski definition) is 4. The van der Waals surface area contributed by atoms with Crippen molar-refractivity contribution in [1.29, 1.82) is 0 Å².